The van der Waals surface area contributed by atoms with E-state index in [1.165, 1.54) is 6.07 Å². The van der Waals surface area contributed by atoms with Crippen LogP contribution < -0.4 is 15.5 Å². The molecular formula is C23H30ClFIN5O. The third-order valence-corrected chi connectivity index (χ3v) is 6.57. The van der Waals surface area contributed by atoms with Gasteiger partial charge in [-0.05, 0) is 49.1 Å². The summed E-state index contributed by atoms with van der Waals surface area (Å²) in [6, 6.07) is 10.9. The number of pyridine rings is 1. The van der Waals surface area contributed by atoms with Crippen molar-refractivity contribution in [3.05, 3.63) is 59.0 Å². The summed E-state index contributed by atoms with van der Waals surface area (Å²) in [6.07, 6.45) is 4.42. The summed E-state index contributed by atoms with van der Waals surface area (Å²) in [7, 11) is 1.77. The van der Waals surface area contributed by atoms with E-state index in [0.29, 0.717) is 24.8 Å². The molecule has 0 saturated carbocycles. The van der Waals surface area contributed by atoms with Gasteiger partial charge in [-0.2, -0.15) is 0 Å². The first-order chi connectivity index (χ1) is 15.1. The summed E-state index contributed by atoms with van der Waals surface area (Å²) in [5.41, 5.74) is 0.830. The highest BCUT2D eigenvalue weighted by Gasteiger charge is 2.35. The topological polar surface area (TPSA) is 61.8 Å². The average molecular weight is 574 g/mol. The van der Waals surface area contributed by atoms with Gasteiger partial charge >= 0.3 is 0 Å². The molecule has 0 bridgehead atoms. The molecule has 174 valence electrons. The van der Waals surface area contributed by atoms with E-state index in [9.17, 15) is 4.39 Å². The van der Waals surface area contributed by atoms with Crippen LogP contribution >= 0.6 is 35.6 Å². The molecule has 32 heavy (non-hydrogen) atoms. The molecule has 6 nitrogen and oxygen atoms in total. The number of anilines is 1. The Morgan fingerprint density at radius 2 is 2.12 bits per heavy atom. The molecule has 2 aliphatic heterocycles. The van der Waals surface area contributed by atoms with Gasteiger partial charge < -0.3 is 20.3 Å². The predicted octanol–water partition coefficient (Wildman–Crippen LogP) is 3.98. The highest BCUT2D eigenvalue weighted by Crippen LogP contribution is 2.34. The second kappa shape index (κ2) is 11.5. The highest BCUT2D eigenvalue weighted by molar-refractivity contribution is 14.0. The molecule has 0 spiro atoms. The molecule has 2 aliphatic rings. The van der Waals surface area contributed by atoms with E-state index in [1.807, 2.05) is 18.2 Å². The van der Waals surface area contributed by atoms with Crippen molar-refractivity contribution in [2.75, 3.05) is 44.8 Å². The SMILES string of the molecule is CN=C(NCC1(c2cccc(F)c2)CCOCC1)NC1CCN(c2ncccc2Cl)C1.I. The van der Waals surface area contributed by atoms with Gasteiger partial charge in [-0.3, -0.25) is 4.99 Å². The number of benzene rings is 1. The third kappa shape index (κ3) is 5.82. The number of nitrogens with one attached hydrogen (secondary N) is 2. The van der Waals surface area contributed by atoms with Crippen LogP contribution in [0.2, 0.25) is 5.02 Å². The first kappa shape index (κ1) is 25.0. The molecule has 1 unspecified atom stereocenters. The zero-order chi connectivity index (χ0) is 21.7. The minimum atomic E-state index is -0.204. The van der Waals surface area contributed by atoms with Gasteiger partial charge in [0.15, 0.2) is 5.96 Å². The third-order valence-electron chi connectivity index (χ3n) is 6.27. The number of hydrogen-bond acceptors (Lipinski definition) is 4. The van der Waals surface area contributed by atoms with E-state index in [0.717, 1.165) is 49.7 Å². The predicted molar refractivity (Wildman–Crippen MR) is 138 cm³/mol. The lowest BCUT2D eigenvalue weighted by Crippen LogP contribution is -2.50. The van der Waals surface area contributed by atoms with Crippen LogP contribution in [-0.4, -0.2) is 56.9 Å². The van der Waals surface area contributed by atoms with Crippen molar-refractivity contribution >= 4 is 47.4 Å². The van der Waals surface area contributed by atoms with Crippen LogP contribution in [0.5, 0.6) is 0 Å². The van der Waals surface area contributed by atoms with E-state index in [1.54, 1.807) is 25.4 Å². The van der Waals surface area contributed by atoms with E-state index >= 15 is 0 Å². The Hall–Kier alpha value is -1.65. The molecular weight excluding hydrogens is 544 g/mol. The van der Waals surface area contributed by atoms with Crippen molar-refractivity contribution in [1.82, 2.24) is 15.6 Å². The van der Waals surface area contributed by atoms with E-state index < -0.39 is 0 Å². The van der Waals surface area contributed by atoms with Crippen molar-refractivity contribution < 1.29 is 9.13 Å². The monoisotopic (exact) mass is 573 g/mol. The molecule has 1 atom stereocenters. The quantitative estimate of drug-likeness (QED) is 0.322. The largest absolute Gasteiger partial charge is 0.381 e. The normalized spacial score (nSPS) is 20.5. The molecule has 0 aliphatic carbocycles. The lowest BCUT2D eigenvalue weighted by atomic mass is 9.74. The van der Waals surface area contributed by atoms with Gasteiger partial charge in [0.25, 0.3) is 0 Å². The number of halogens is 3. The first-order valence-corrected chi connectivity index (χ1v) is 11.1. The van der Waals surface area contributed by atoms with Gasteiger partial charge in [-0.1, -0.05) is 23.7 Å². The maximum Gasteiger partial charge on any atom is 0.191 e. The maximum absolute atomic E-state index is 13.9. The van der Waals surface area contributed by atoms with Crippen molar-refractivity contribution in [3.63, 3.8) is 0 Å². The Labute approximate surface area is 211 Å². The summed E-state index contributed by atoms with van der Waals surface area (Å²) in [6.45, 7) is 3.71. The van der Waals surface area contributed by atoms with Gasteiger partial charge in [-0.15, -0.1) is 24.0 Å². The molecule has 2 N–H and O–H groups in total. The first-order valence-electron chi connectivity index (χ1n) is 10.8. The Balaban J connectivity index is 0.00000289. The van der Waals surface area contributed by atoms with Crippen LogP contribution in [-0.2, 0) is 10.2 Å². The lowest BCUT2D eigenvalue weighted by Gasteiger charge is -2.38. The lowest BCUT2D eigenvalue weighted by molar-refractivity contribution is 0.0512. The molecule has 2 fully saturated rings. The summed E-state index contributed by atoms with van der Waals surface area (Å²) in [5, 5.41) is 7.69. The van der Waals surface area contributed by atoms with Crippen LogP contribution in [0.3, 0.4) is 0 Å². The van der Waals surface area contributed by atoms with Crippen LogP contribution in [0.15, 0.2) is 47.6 Å². The fourth-order valence-corrected chi connectivity index (χ4v) is 4.71. The molecule has 1 aromatic heterocycles. The van der Waals surface area contributed by atoms with Gasteiger partial charge in [-0.25, -0.2) is 9.37 Å². The average Bonchev–Trinajstić information content (AvgIpc) is 3.26. The summed E-state index contributed by atoms with van der Waals surface area (Å²) < 4.78 is 19.5. The van der Waals surface area contributed by atoms with Crippen molar-refractivity contribution in [2.45, 2.75) is 30.7 Å². The van der Waals surface area contributed by atoms with Gasteiger partial charge in [0.2, 0.25) is 0 Å². The van der Waals surface area contributed by atoms with Crippen molar-refractivity contribution in [2.24, 2.45) is 4.99 Å². The number of ether oxygens (including phenoxy) is 1. The Kier molecular flexibility index (Phi) is 8.95. The molecule has 2 aromatic rings. The molecule has 0 radical (unpaired) electrons. The number of rotatable bonds is 5. The van der Waals surface area contributed by atoms with Crippen LogP contribution in [0.4, 0.5) is 10.2 Å². The fraction of sp³-hybridized carbons (Fsp3) is 0.478. The van der Waals surface area contributed by atoms with E-state index in [-0.39, 0.29) is 41.3 Å². The van der Waals surface area contributed by atoms with Gasteiger partial charge in [0, 0.05) is 57.5 Å². The second-order valence-electron chi connectivity index (χ2n) is 8.21. The number of guanidine groups is 1. The van der Waals surface area contributed by atoms with Crippen molar-refractivity contribution in [1.29, 1.82) is 0 Å². The van der Waals surface area contributed by atoms with Crippen LogP contribution in [0.1, 0.15) is 24.8 Å². The number of hydrogen-bond donors (Lipinski definition) is 2. The summed E-state index contributed by atoms with van der Waals surface area (Å²) >= 11 is 6.31. The van der Waals surface area contributed by atoms with Crippen LogP contribution in [0.25, 0.3) is 0 Å². The Morgan fingerprint density at radius 3 is 2.84 bits per heavy atom. The number of nitrogens with zero attached hydrogens (tertiary/aromatic N) is 3. The Morgan fingerprint density at radius 1 is 1.31 bits per heavy atom. The maximum atomic E-state index is 13.9. The molecule has 3 heterocycles. The molecule has 4 rings (SSSR count). The zero-order valence-corrected chi connectivity index (χ0v) is 21.3. The van der Waals surface area contributed by atoms with Gasteiger partial charge in [0.05, 0.1) is 5.02 Å². The van der Waals surface area contributed by atoms with E-state index in [2.05, 4.69) is 25.5 Å². The number of aromatic nitrogens is 1. The van der Waals surface area contributed by atoms with E-state index in [4.69, 9.17) is 16.3 Å². The van der Waals surface area contributed by atoms with Gasteiger partial charge in [0.1, 0.15) is 11.6 Å². The number of aliphatic imine (C=N–C) groups is 1. The minimum absolute atomic E-state index is 0. The molecule has 0 amide bonds. The molecule has 9 heteroatoms. The second-order valence-corrected chi connectivity index (χ2v) is 8.62. The molecule has 1 aromatic carbocycles. The minimum Gasteiger partial charge on any atom is -0.381 e. The zero-order valence-electron chi connectivity index (χ0n) is 18.2. The fourth-order valence-electron chi connectivity index (χ4n) is 4.47. The van der Waals surface area contributed by atoms with Crippen molar-refractivity contribution in [3.8, 4) is 0 Å². The standard InChI is InChI=1S/C23H29ClFN5O.HI/c1-26-22(29-19-7-11-30(15-19)21-20(24)6-3-10-27-21)28-16-23(8-12-31-13-9-23)17-4-2-5-18(25)14-17;/h2-6,10,14,19H,7-9,11-13,15-16H2,1H3,(H2,26,28,29);1H. The Bertz CT molecular complexity index is 925. The highest BCUT2D eigenvalue weighted by atomic mass is 127. The molecule has 2 saturated heterocycles. The summed E-state index contributed by atoms with van der Waals surface area (Å²) in [4.78, 5) is 11.0. The smallest absolute Gasteiger partial charge is 0.191 e. The summed E-state index contributed by atoms with van der Waals surface area (Å²) in [5.74, 6) is 1.37. The van der Waals surface area contributed by atoms with Crippen LogP contribution in [0, 0.1) is 5.82 Å².